The zero-order valence-corrected chi connectivity index (χ0v) is 35.5. The molecule has 306 valence electrons. The van der Waals surface area contributed by atoms with Crippen LogP contribution in [-0.4, -0.2) is 0 Å². The van der Waals surface area contributed by atoms with Gasteiger partial charge in [-0.1, -0.05) is 182 Å². The Morgan fingerprint density at radius 2 is 0.803 bits per heavy atom. The van der Waals surface area contributed by atoms with Crippen molar-refractivity contribution in [2.24, 2.45) is 0 Å². The van der Waals surface area contributed by atoms with Crippen LogP contribution in [0.5, 0.6) is 0 Å². The van der Waals surface area contributed by atoms with Gasteiger partial charge >= 0.3 is 0 Å². The zero-order valence-electron chi connectivity index (χ0n) is 35.5. The molecule has 2 heteroatoms. The summed E-state index contributed by atoms with van der Waals surface area (Å²) in [5, 5.41) is 11.1. The molecule has 0 fully saturated rings. The average Bonchev–Trinajstić information content (AvgIpc) is 3.88. The van der Waals surface area contributed by atoms with Crippen LogP contribution in [0.4, 0.5) is 8.78 Å². The van der Waals surface area contributed by atoms with Crippen LogP contribution in [0.2, 0.25) is 0 Å². The minimum absolute atomic E-state index is 0.0791. The first kappa shape index (κ1) is 36.2. The molecule has 0 saturated carbocycles. The highest BCUT2D eigenvalue weighted by Crippen LogP contribution is 2.64. The summed E-state index contributed by atoms with van der Waals surface area (Å²) >= 11 is 0. The lowest BCUT2D eigenvalue weighted by atomic mass is 9.72. The second-order valence-electron chi connectivity index (χ2n) is 18.3. The van der Waals surface area contributed by atoms with Gasteiger partial charge in [-0.05, 0) is 167 Å². The van der Waals surface area contributed by atoms with Crippen molar-refractivity contribution in [1.82, 2.24) is 0 Å². The van der Waals surface area contributed by atoms with Crippen molar-refractivity contribution in [1.29, 1.82) is 0 Å². The van der Waals surface area contributed by atoms with Crippen molar-refractivity contribution in [3.63, 3.8) is 0 Å². The minimum Gasteiger partial charge on any atom is -0.207 e. The van der Waals surface area contributed by atoms with Crippen LogP contribution in [0, 0.1) is 11.6 Å². The molecular formula is C64H36F2. The molecule has 0 saturated heterocycles. The van der Waals surface area contributed by atoms with Gasteiger partial charge in [-0.25, -0.2) is 8.78 Å². The van der Waals surface area contributed by atoms with Gasteiger partial charge in [0.1, 0.15) is 11.6 Å². The van der Waals surface area contributed by atoms with Gasteiger partial charge < -0.3 is 0 Å². The van der Waals surface area contributed by atoms with Crippen molar-refractivity contribution < 1.29 is 8.78 Å². The summed E-state index contributed by atoms with van der Waals surface area (Å²) in [6, 6.07) is 62.8. The molecule has 11 aromatic carbocycles. The van der Waals surface area contributed by atoms with E-state index in [2.05, 4.69) is 158 Å². The Labute approximate surface area is 379 Å². The Morgan fingerprint density at radius 3 is 1.36 bits per heavy atom. The molecule has 0 N–H and O–H groups in total. The van der Waals surface area contributed by atoms with E-state index in [-0.39, 0.29) is 23.5 Å². The van der Waals surface area contributed by atoms with Gasteiger partial charge in [0.2, 0.25) is 0 Å². The molecule has 0 bridgehead atoms. The van der Waals surface area contributed by atoms with Crippen molar-refractivity contribution in [3.05, 3.63) is 233 Å². The largest absolute Gasteiger partial charge is 0.207 e. The number of halogens is 2. The van der Waals surface area contributed by atoms with Crippen LogP contribution >= 0.6 is 0 Å². The third kappa shape index (κ3) is 4.65. The molecule has 2 unspecified atom stereocenters. The van der Waals surface area contributed by atoms with Gasteiger partial charge in [-0.2, -0.15) is 0 Å². The first-order valence-electron chi connectivity index (χ1n) is 22.9. The third-order valence-electron chi connectivity index (χ3n) is 15.2. The fourth-order valence-electron chi connectivity index (χ4n) is 12.8. The van der Waals surface area contributed by atoms with E-state index in [0.29, 0.717) is 0 Å². The topological polar surface area (TPSA) is 0 Å². The van der Waals surface area contributed by atoms with Gasteiger partial charge in [0, 0.05) is 11.8 Å². The van der Waals surface area contributed by atoms with E-state index in [1.807, 2.05) is 24.3 Å². The molecule has 0 aromatic heterocycles. The predicted octanol–water partition coefficient (Wildman–Crippen LogP) is 16.7. The molecule has 11 aromatic rings. The van der Waals surface area contributed by atoms with Crippen LogP contribution in [0.25, 0.3) is 128 Å². The van der Waals surface area contributed by atoms with E-state index in [1.165, 1.54) is 121 Å². The number of allylic oxidation sites excluding steroid dienone is 3. The monoisotopic (exact) mass is 842 g/mol. The predicted molar refractivity (Wildman–Crippen MR) is 271 cm³/mol. The quantitative estimate of drug-likeness (QED) is 0.166. The SMILES string of the molecule is Fc1ccc(-c2c3c(c(-c4ccccc4)c4ccccc24)-c2ccc4c5c6c(c7ccc-3c2c47)=CC=C2c3c(c(-c4ccc(F)cc4)c4ccccc4c3-c3ccccc3)C(C=C5)C26)cc1. The summed E-state index contributed by atoms with van der Waals surface area (Å²) in [6.07, 6.45) is 9.71. The van der Waals surface area contributed by atoms with Crippen LogP contribution < -0.4 is 5.22 Å². The standard InChI is InChI=1S/C64H36F2/c65-39-23-19-37(20-24-39)55-43-17-9-7-15-41(43)53(35-11-3-1-4-12-35)61-49-31-27-45-48-30-34-52-60-50(32-28-46(58(48)60)47-29-33-51(63(55)61)59(49)57(45)47)62-54(36-13-5-2-6-14-36)42-16-8-10-18-44(42)56(64(52)62)38-21-25-40(66)26-22-38/h1-34,51,59H. The first-order valence-corrected chi connectivity index (χ1v) is 22.9. The van der Waals surface area contributed by atoms with E-state index in [1.54, 1.807) is 24.3 Å². The molecule has 4 aliphatic carbocycles. The van der Waals surface area contributed by atoms with E-state index >= 15 is 0 Å². The zero-order chi connectivity index (χ0) is 43.4. The molecule has 0 aliphatic heterocycles. The molecule has 15 rings (SSSR count). The summed E-state index contributed by atoms with van der Waals surface area (Å²) in [7, 11) is 0. The number of hydrogen-bond donors (Lipinski definition) is 0. The first-order chi connectivity index (χ1) is 32.6. The van der Waals surface area contributed by atoms with Crippen LogP contribution in [-0.2, 0) is 0 Å². The van der Waals surface area contributed by atoms with Crippen LogP contribution in [0.3, 0.4) is 0 Å². The number of rotatable bonds is 4. The summed E-state index contributed by atoms with van der Waals surface area (Å²) in [5.41, 5.74) is 20.7. The lowest BCUT2D eigenvalue weighted by molar-refractivity contribution is 0.627. The highest BCUT2D eigenvalue weighted by atomic mass is 19.1. The molecule has 0 nitrogen and oxygen atoms in total. The van der Waals surface area contributed by atoms with E-state index < -0.39 is 0 Å². The maximum absolute atomic E-state index is 14.6. The Balaban J connectivity index is 1.05. The van der Waals surface area contributed by atoms with E-state index in [0.717, 1.165) is 22.1 Å². The maximum Gasteiger partial charge on any atom is 0.123 e. The minimum atomic E-state index is -0.242. The lowest BCUT2D eigenvalue weighted by Crippen LogP contribution is -2.23. The molecule has 0 spiro atoms. The van der Waals surface area contributed by atoms with Crippen LogP contribution in [0.1, 0.15) is 34.1 Å². The third-order valence-corrected chi connectivity index (χ3v) is 15.2. The molecule has 0 amide bonds. The Hall–Kier alpha value is -8.20. The highest BCUT2D eigenvalue weighted by Gasteiger charge is 2.45. The van der Waals surface area contributed by atoms with Gasteiger partial charge in [0.15, 0.2) is 0 Å². The summed E-state index contributed by atoms with van der Waals surface area (Å²) < 4.78 is 29.2. The van der Waals surface area contributed by atoms with E-state index in [9.17, 15) is 8.78 Å². The highest BCUT2D eigenvalue weighted by molar-refractivity contribution is 6.32. The summed E-state index contributed by atoms with van der Waals surface area (Å²) in [5.74, 6) is -0.296. The van der Waals surface area contributed by atoms with Crippen molar-refractivity contribution in [3.8, 4) is 66.8 Å². The fraction of sp³-hybridized carbons (Fsp3) is 0.0312. The van der Waals surface area contributed by atoms with Gasteiger partial charge in [0.25, 0.3) is 0 Å². The average molecular weight is 843 g/mol. The molecule has 4 aliphatic rings. The molecular weight excluding hydrogens is 807 g/mol. The fourth-order valence-corrected chi connectivity index (χ4v) is 12.8. The summed E-state index contributed by atoms with van der Waals surface area (Å²) in [6.45, 7) is 0. The van der Waals surface area contributed by atoms with E-state index in [4.69, 9.17) is 0 Å². The maximum atomic E-state index is 14.6. The number of benzene rings is 11. The smallest absolute Gasteiger partial charge is 0.123 e. The van der Waals surface area contributed by atoms with Gasteiger partial charge in [-0.3, -0.25) is 0 Å². The summed E-state index contributed by atoms with van der Waals surface area (Å²) in [4.78, 5) is 0. The van der Waals surface area contributed by atoms with Crippen molar-refractivity contribution in [2.75, 3.05) is 0 Å². The Bertz CT molecular complexity index is 4080. The normalized spacial score (nSPS) is 15.9. The molecule has 2 atom stereocenters. The van der Waals surface area contributed by atoms with Crippen molar-refractivity contribution in [2.45, 2.75) is 11.8 Å². The Kier molecular flexibility index (Phi) is 7.23. The molecule has 0 heterocycles. The molecule has 0 radical (unpaired) electrons. The molecule has 66 heavy (non-hydrogen) atoms. The Morgan fingerprint density at radius 1 is 0.333 bits per heavy atom. The lowest BCUT2D eigenvalue weighted by Gasteiger charge is -2.30. The second kappa shape index (κ2) is 13.2. The van der Waals surface area contributed by atoms with Crippen molar-refractivity contribution >= 4 is 60.8 Å². The van der Waals surface area contributed by atoms with Gasteiger partial charge in [-0.15, -0.1) is 0 Å². The number of hydrogen-bond acceptors (Lipinski definition) is 0. The second-order valence-corrected chi connectivity index (χ2v) is 18.3. The van der Waals surface area contributed by atoms with Crippen LogP contribution in [0.15, 0.2) is 194 Å². The van der Waals surface area contributed by atoms with Gasteiger partial charge in [0.05, 0.1) is 0 Å². The number of fused-ring (bicyclic) bond motifs is 10.